The lowest BCUT2D eigenvalue weighted by atomic mass is 10.1. The van der Waals surface area contributed by atoms with Crippen LogP contribution < -0.4 is 11.0 Å². The summed E-state index contributed by atoms with van der Waals surface area (Å²) in [5, 5.41) is 9.14. The van der Waals surface area contributed by atoms with Gasteiger partial charge >= 0.3 is 0 Å². The minimum Gasteiger partial charge on any atom is -0.292 e. The molecule has 5 heteroatoms. The van der Waals surface area contributed by atoms with Crippen molar-refractivity contribution in [2.75, 3.05) is 0 Å². The Morgan fingerprint density at radius 1 is 1.22 bits per heavy atom. The molecule has 0 aliphatic rings. The first-order chi connectivity index (χ1) is 11.2. The van der Waals surface area contributed by atoms with Crippen molar-refractivity contribution in [2.24, 2.45) is 0 Å². The summed E-state index contributed by atoms with van der Waals surface area (Å²) in [6, 6.07) is 15.1. The Hall–Kier alpha value is -2.92. The fourth-order valence-electron chi connectivity index (χ4n) is 2.60. The minimum atomic E-state index is -0.0789. The van der Waals surface area contributed by atoms with E-state index in [1.54, 1.807) is 10.6 Å². The Morgan fingerprint density at radius 3 is 2.74 bits per heavy atom. The number of rotatable bonds is 4. The molecule has 116 valence electrons. The second-order valence-electron chi connectivity index (χ2n) is 5.22. The quantitative estimate of drug-likeness (QED) is 0.727. The minimum absolute atomic E-state index is 0.0789. The summed E-state index contributed by atoms with van der Waals surface area (Å²) in [7, 11) is 0. The maximum atomic E-state index is 12.9. The number of hydroxylamine groups is 1. The zero-order chi connectivity index (χ0) is 16.2. The van der Waals surface area contributed by atoms with Gasteiger partial charge < -0.3 is 0 Å². The maximum absolute atomic E-state index is 12.9. The number of fused-ring (bicyclic) bond motifs is 1. The Kier molecular flexibility index (Phi) is 4.21. The predicted octanol–water partition coefficient (Wildman–Crippen LogP) is 2.73. The molecule has 0 spiro atoms. The van der Waals surface area contributed by atoms with E-state index in [4.69, 9.17) is 5.21 Å². The average Bonchev–Trinajstić information content (AvgIpc) is 2.57. The molecular formula is C18H17N3O2. The third-order valence-electron chi connectivity index (χ3n) is 3.66. The van der Waals surface area contributed by atoms with Crippen LogP contribution >= 0.6 is 0 Å². The number of para-hydroxylation sites is 1. The highest BCUT2D eigenvalue weighted by atomic mass is 16.5. The second kappa shape index (κ2) is 6.46. The van der Waals surface area contributed by atoms with E-state index in [0.29, 0.717) is 23.1 Å². The molecule has 3 rings (SSSR count). The average molecular weight is 307 g/mol. The molecule has 1 aromatic heterocycles. The molecule has 3 aromatic rings. The van der Waals surface area contributed by atoms with Gasteiger partial charge in [0.2, 0.25) is 0 Å². The van der Waals surface area contributed by atoms with Crippen molar-refractivity contribution >= 4 is 10.9 Å². The SMILES string of the molecule is Cc1nc2ccc(CC=CNO)cc2c(=O)n1-c1ccccc1. The molecule has 0 aliphatic carbocycles. The van der Waals surface area contributed by atoms with Gasteiger partial charge in [-0.3, -0.25) is 20.0 Å². The standard InChI is InChI=1S/C18H17N3O2/c1-13-20-17-10-9-14(6-5-11-19-23)12-16(17)18(22)21(13)15-7-3-2-4-8-15/h2-5,7-12,19,23H,6H2,1H3. The van der Waals surface area contributed by atoms with Crippen molar-refractivity contribution in [3.63, 3.8) is 0 Å². The zero-order valence-electron chi connectivity index (χ0n) is 12.7. The number of aryl methyl sites for hydroxylation is 1. The number of allylic oxidation sites excluding steroid dienone is 1. The first-order valence-electron chi connectivity index (χ1n) is 7.33. The lowest BCUT2D eigenvalue weighted by Crippen LogP contribution is -2.22. The van der Waals surface area contributed by atoms with Gasteiger partial charge in [0, 0.05) is 6.20 Å². The van der Waals surface area contributed by atoms with Crippen LogP contribution in [0.25, 0.3) is 16.6 Å². The molecule has 0 atom stereocenters. The summed E-state index contributed by atoms with van der Waals surface area (Å²) in [5.74, 6) is 0.658. The van der Waals surface area contributed by atoms with Gasteiger partial charge in [0.15, 0.2) is 0 Å². The molecule has 5 nitrogen and oxygen atoms in total. The highest BCUT2D eigenvalue weighted by molar-refractivity contribution is 5.78. The molecule has 1 heterocycles. The van der Waals surface area contributed by atoms with Crippen LogP contribution in [0.3, 0.4) is 0 Å². The van der Waals surface area contributed by atoms with Gasteiger partial charge in [-0.1, -0.05) is 30.3 Å². The molecule has 0 radical (unpaired) electrons. The predicted molar refractivity (Wildman–Crippen MR) is 89.8 cm³/mol. The summed E-state index contributed by atoms with van der Waals surface area (Å²) in [6.07, 6.45) is 3.83. The van der Waals surface area contributed by atoms with Gasteiger partial charge in [-0.15, -0.1) is 0 Å². The number of nitrogens with zero attached hydrogens (tertiary/aromatic N) is 2. The molecule has 0 amide bonds. The van der Waals surface area contributed by atoms with Crippen LogP contribution in [0.2, 0.25) is 0 Å². The van der Waals surface area contributed by atoms with E-state index in [1.165, 1.54) is 6.20 Å². The molecule has 0 unspecified atom stereocenters. The summed E-state index contributed by atoms with van der Waals surface area (Å²) in [4.78, 5) is 17.4. The molecule has 0 saturated heterocycles. The maximum Gasteiger partial charge on any atom is 0.265 e. The summed E-state index contributed by atoms with van der Waals surface area (Å²) >= 11 is 0. The van der Waals surface area contributed by atoms with E-state index in [9.17, 15) is 4.79 Å². The Labute approximate surface area is 133 Å². The number of aromatic nitrogens is 2. The Morgan fingerprint density at radius 2 is 2.00 bits per heavy atom. The molecule has 0 fully saturated rings. The smallest absolute Gasteiger partial charge is 0.265 e. The van der Waals surface area contributed by atoms with E-state index >= 15 is 0 Å². The highest BCUT2D eigenvalue weighted by Crippen LogP contribution is 2.15. The molecular weight excluding hydrogens is 290 g/mol. The van der Waals surface area contributed by atoms with E-state index in [1.807, 2.05) is 60.9 Å². The first-order valence-corrected chi connectivity index (χ1v) is 7.33. The topological polar surface area (TPSA) is 67.2 Å². The summed E-state index contributed by atoms with van der Waals surface area (Å²) in [5.41, 5.74) is 4.36. The molecule has 2 N–H and O–H groups in total. The first kappa shape index (κ1) is 15.0. The van der Waals surface area contributed by atoms with Crippen molar-refractivity contribution in [3.05, 3.63) is 82.5 Å². The van der Waals surface area contributed by atoms with Crippen LogP contribution in [0.4, 0.5) is 0 Å². The molecule has 23 heavy (non-hydrogen) atoms. The van der Waals surface area contributed by atoms with E-state index in [0.717, 1.165) is 11.3 Å². The third-order valence-corrected chi connectivity index (χ3v) is 3.66. The zero-order valence-corrected chi connectivity index (χ0v) is 12.7. The third kappa shape index (κ3) is 3.00. The highest BCUT2D eigenvalue weighted by Gasteiger charge is 2.10. The normalized spacial score (nSPS) is 11.2. The van der Waals surface area contributed by atoms with Crippen LogP contribution in [0.15, 0.2) is 65.6 Å². The molecule has 2 aromatic carbocycles. The fourth-order valence-corrected chi connectivity index (χ4v) is 2.60. The summed E-state index contributed by atoms with van der Waals surface area (Å²) < 4.78 is 1.62. The second-order valence-corrected chi connectivity index (χ2v) is 5.22. The van der Waals surface area contributed by atoms with Crippen molar-refractivity contribution in [1.82, 2.24) is 15.0 Å². The molecule has 0 aliphatic heterocycles. The van der Waals surface area contributed by atoms with Crippen LogP contribution in [0.5, 0.6) is 0 Å². The number of benzene rings is 2. The molecule has 0 saturated carbocycles. The Balaban J connectivity index is 2.16. The molecule has 0 bridgehead atoms. The van der Waals surface area contributed by atoms with Crippen LogP contribution in [0, 0.1) is 6.92 Å². The van der Waals surface area contributed by atoms with Crippen LogP contribution in [0.1, 0.15) is 11.4 Å². The van der Waals surface area contributed by atoms with E-state index < -0.39 is 0 Å². The van der Waals surface area contributed by atoms with Gasteiger partial charge in [-0.25, -0.2) is 4.98 Å². The van der Waals surface area contributed by atoms with Gasteiger partial charge in [0.05, 0.1) is 16.6 Å². The van der Waals surface area contributed by atoms with Gasteiger partial charge in [0.25, 0.3) is 5.56 Å². The van der Waals surface area contributed by atoms with Gasteiger partial charge in [-0.2, -0.15) is 0 Å². The van der Waals surface area contributed by atoms with Crippen molar-refractivity contribution in [1.29, 1.82) is 0 Å². The fraction of sp³-hybridized carbons (Fsp3) is 0.111. The van der Waals surface area contributed by atoms with Gasteiger partial charge in [0.1, 0.15) is 5.82 Å². The lowest BCUT2D eigenvalue weighted by molar-refractivity contribution is 0.214. The summed E-state index contributed by atoms with van der Waals surface area (Å²) in [6.45, 7) is 1.83. The lowest BCUT2D eigenvalue weighted by Gasteiger charge is -2.11. The monoisotopic (exact) mass is 307 g/mol. The van der Waals surface area contributed by atoms with E-state index in [-0.39, 0.29) is 5.56 Å². The van der Waals surface area contributed by atoms with Gasteiger partial charge in [-0.05, 0) is 43.2 Å². The van der Waals surface area contributed by atoms with Crippen LogP contribution in [-0.4, -0.2) is 14.8 Å². The number of nitrogens with one attached hydrogen (secondary N) is 1. The number of hydrogen-bond acceptors (Lipinski definition) is 4. The van der Waals surface area contributed by atoms with Crippen molar-refractivity contribution < 1.29 is 5.21 Å². The Bertz CT molecular complexity index is 915. The number of hydrogen-bond donors (Lipinski definition) is 2. The van der Waals surface area contributed by atoms with Crippen LogP contribution in [-0.2, 0) is 6.42 Å². The van der Waals surface area contributed by atoms with Crippen molar-refractivity contribution in [3.8, 4) is 5.69 Å². The van der Waals surface area contributed by atoms with E-state index in [2.05, 4.69) is 4.98 Å². The largest absolute Gasteiger partial charge is 0.292 e. The van der Waals surface area contributed by atoms with Crippen molar-refractivity contribution in [2.45, 2.75) is 13.3 Å².